The average molecular weight is 363 g/mol. The van der Waals surface area contributed by atoms with Gasteiger partial charge in [-0.15, -0.1) is 13.2 Å². The Hall–Kier alpha value is -1.30. The molecular weight excluding hydrogens is 320 g/mol. The van der Waals surface area contributed by atoms with E-state index in [1.807, 2.05) is 0 Å². The number of carbonyl (C=O) groups is 2. The summed E-state index contributed by atoms with van der Waals surface area (Å²) < 4.78 is 0. The van der Waals surface area contributed by atoms with E-state index >= 15 is 0 Å². The number of aliphatic carboxylic acids is 2. The summed E-state index contributed by atoms with van der Waals surface area (Å²) in [4.78, 5) is 20.1. The van der Waals surface area contributed by atoms with Gasteiger partial charge in [-0.2, -0.15) is 0 Å². The highest BCUT2D eigenvalue weighted by atomic mass is 16.4. The van der Waals surface area contributed by atoms with Crippen LogP contribution in [0.3, 0.4) is 0 Å². The maximum atomic E-state index is 10.0. The van der Waals surface area contributed by atoms with E-state index in [9.17, 15) is 19.8 Å². The molecule has 0 amide bonds. The Morgan fingerprint density at radius 2 is 0.750 bits per heavy atom. The van der Waals surface area contributed by atoms with Crippen LogP contribution in [0.5, 0.6) is 0 Å². The fourth-order valence-electron chi connectivity index (χ4n) is 1.25. The van der Waals surface area contributed by atoms with E-state index in [4.69, 9.17) is 10.2 Å². The highest BCUT2D eigenvalue weighted by molar-refractivity contribution is 5.64. The van der Waals surface area contributed by atoms with Gasteiger partial charge in [0.2, 0.25) is 0 Å². The first kappa shape index (κ1) is 43.4. The van der Waals surface area contributed by atoms with Gasteiger partial charge < -0.3 is 54.6 Å². The summed E-state index contributed by atoms with van der Waals surface area (Å²) in [6, 6.07) is 0. The first-order valence-corrected chi connectivity index (χ1v) is 7.02. The number of rotatable bonds is 9. The molecule has 0 aliphatic rings. The minimum Gasteiger partial charge on any atom is -0.855 e. The van der Waals surface area contributed by atoms with Gasteiger partial charge in [0, 0.05) is 11.9 Å². The lowest BCUT2D eigenvalue weighted by Gasteiger charge is -2.03. The number of hydrogen-bond acceptors (Lipinski definition) is 6. The molecule has 10 heteroatoms. The highest BCUT2D eigenvalue weighted by Gasteiger charge is 1.92. The predicted molar refractivity (Wildman–Crippen MR) is 92.0 cm³/mol. The summed E-state index contributed by atoms with van der Waals surface area (Å²) in [6.07, 6.45) is 5.23. The third kappa shape index (κ3) is 85.4. The molecule has 0 unspecified atom stereocenters. The van der Waals surface area contributed by atoms with Gasteiger partial charge in [-0.25, -0.2) is 0 Å². The number of quaternary nitrogens is 4. The van der Waals surface area contributed by atoms with Crippen molar-refractivity contribution < 1.29 is 30.0 Å². The zero-order valence-electron chi connectivity index (χ0n) is 16.5. The van der Waals surface area contributed by atoms with Crippen molar-refractivity contribution in [2.45, 2.75) is 65.2 Å². The average Bonchev–Trinajstić information content (AvgIpc) is 2.34. The van der Waals surface area contributed by atoms with Gasteiger partial charge in [0.25, 0.3) is 0 Å². The lowest BCUT2D eigenvalue weighted by atomic mass is 10.1. The van der Waals surface area contributed by atoms with E-state index in [1.165, 1.54) is 0 Å². The summed E-state index contributed by atoms with van der Waals surface area (Å²) >= 11 is 0. The Morgan fingerprint density at radius 1 is 0.583 bits per heavy atom. The molecule has 154 valence electrons. The fraction of sp³-hybridized carbons (Fsp3) is 0.857. The predicted octanol–water partition coefficient (Wildman–Crippen LogP) is -0.155. The first-order chi connectivity index (χ1) is 9.45. The monoisotopic (exact) mass is 362 g/mol. The molecule has 0 aliphatic heterocycles. The molecule has 0 aromatic rings. The van der Waals surface area contributed by atoms with Crippen molar-refractivity contribution >= 4 is 11.9 Å². The third-order valence-corrected chi connectivity index (χ3v) is 2.01. The minimum absolute atomic E-state index is 0. The molecule has 0 atom stereocenters. The van der Waals surface area contributed by atoms with Gasteiger partial charge in [0.15, 0.2) is 0 Å². The lowest BCUT2D eigenvalue weighted by molar-refractivity contribution is -0.362. The molecule has 0 rings (SSSR count). The Morgan fingerprint density at radius 3 is 0.917 bits per heavy atom. The van der Waals surface area contributed by atoms with Crippen LogP contribution < -0.4 is 45.0 Å². The van der Waals surface area contributed by atoms with Gasteiger partial charge in [0.1, 0.15) is 0 Å². The van der Waals surface area contributed by atoms with E-state index in [0.29, 0.717) is 12.8 Å². The number of carbonyl (C=O) groups excluding carboxylic acids is 2. The fourth-order valence-corrected chi connectivity index (χ4v) is 1.25. The molecule has 0 aromatic carbocycles. The second-order valence-corrected chi connectivity index (χ2v) is 3.94. The molecule has 0 saturated heterocycles. The zero-order valence-corrected chi connectivity index (χ0v) is 16.5. The van der Waals surface area contributed by atoms with Crippen molar-refractivity contribution in [3.05, 3.63) is 0 Å². The van der Waals surface area contributed by atoms with Crippen LogP contribution in [0.25, 0.3) is 0 Å². The van der Waals surface area contributed by atoms with Crippen LogP contribution in [0.4, 0.5) is 0 Å². The van der Waals surface area contributed by atoms with Crippen LogP contribution >= 0.6 is 0 Å². The molecular formula is C14H42N4O6. The van der Waals surface area contributed by atoms with Crippen LogP contribution in [-0.4, -0.2) is 25.2 Å². The standard InChI is InChI=1S/C10H18O4.2C2H5O.4H3N/c11-9(12)7-5-3-1-2-4-6-8-10(13)14;2*1-2-3;;;;/h1-8H2,(H,11,12)(H,13,14);2*2H2,1H3;4*1H3/q;2*-1;;;;/p+2. The van der Waals surface area contributed by atoms with Crippen LogP contribution in [-0.2, 0) is 9.59 Å². The van der Waals surface area contributed by atoms with E-state index in [-0.39, 0.29) is 50.7 Å². The van der Waals surface area contributed by atoms with Gasteiger partial charge in [-0.05, 0) is 25.7 Å². The van der Waals surface area contributed by atoms with E-state index in [0.717, 1.165) is 25.7 Å². The van der Waals surface area contributed by atoms with Crippen molar-refractivity contribution in [1.29, 1.82) is 0 Å². The van der Waals surface area contributed by atoms with Crippen molar-refractivity contribution in [3.63, 3.8) is 0 Å². The van der Waals surface area contributed by atoms with Crippen molar-refractivity contribution in [2.75, 3.05) is 13.2 Å². The summed E-state index contributed by atoms with van der Waals surface area (Å²) in [6.45, 7) is 3.14. The smallest absolute Gasteiger partial charge is 0.0414 e. The number of unbranched alkanes of at least 4 members (excludes halogenated alkanes) is 5. The van der Waals surface area contributed by atoms with Crippen molar-refractivity contribution in [1.82, 2.24) is 24.6 Å². The van der Waals surface area contributed by atoms with Crippen LogP contribution in [0.2, 0.25) is 0 Å². The van der Waals surface area contributed by atoms with Crippen LogP contribution in [0.1, 0.15) is 65.2 Å². The lowest BCUT2D eigenvalue weighted by Crippen LogP contribution is -2.21. The SMILES string of the molecule is CC[O-].CC[O-].O=C([O-])CCCCCCCCC(=O)[O-].[NH4+].[NH4+].[NH4+].[NH4+]. The molecule has 0 heterocycles. The Bertz CT molecular complexity index is 199. The second-order valence-electron chi connectivity index (χ2n) is 3.94. The Kier molecular flexibility index (Phi) is 77.8. The molecule has 0 aromatic heterocycles. The van der Waals surface area contributed by atoms with E-state index < -0.39 is 11.9 Å². The highest BCUT2D eigenvalue weighted by Crippen LogP contribution is 2.07. The third-order valence-electron chi connectivity index (χ3n) is 2.01. The molecule has 0 aliphatic carbocycles. The van der Waals surface area contributed by atoms with Gasteiger partial charge in [0.05, 0.1) is 0 Å². The largest absolute Gasteiger partial charge is 0.855 e. The summed E-state index contributed by atoms with van der Waals surface area (Å²) in [7, 11) is 0. The molecule has 24 heavy (non-hydrogen) atoms. The van der Waals surface area contributed by atoms with Gasteiger partial charge >= 0.3 is 0 Å². The van der Waals surface area contributed by atoms with E-state index in [1.54, 1.807) is 13.8 Å². The molecule has 0 radical (unpaired) electrons. The molecule has 0 bridgehead atoms. The number of carboxylic acid groups (broad SMARTS) is 2. The topological polar surface area (TPSA) is 272 Å². The second kappa shape index (κ2) is 43.0. The maximum Gasteiger partial charge on any atom is 0.0414 e. The summed E-state index contributed by atoms with van der Waals surface area (Å²) in [5, 5.41) is 37.9. The Balaban J connectivity index is -0.0000000507. The first-order valence-electron chi connectivity index (χ1n) is 7.02. The molecule has 16 N–H and O–H groups in total. The zero-order chi connectivity index (χ0) is 16.2. The molecule has 0 fully saturated rings. The van der Waals surface area contributed by atoms with Crippen LogP contribution in [0, 0.1) is 0 Å². The summed E-state index contributed by atoms with van der Waals surface area (Å²) in [5.41, 5.74) is 0. The maximum absolute atomic E-state index is 10.0. The molecule has 0 saturated carbocycles. The number of carboxylic acids is 2. The Labute approximate surface area is 146 Å². The number of hydrogen-bond donors (Lipinski definition) is 4. The van der Waals surface area contributed by atoms with Crippen molar-refractivity contribution in [2.24, 2.45) is 0 Å². The molecule has 0 spiro atoms. The summed E-state index contributed by atoms with van der Waals surface area (Å²) in [5.74, 6) is -2.00. The quantitative estimate of drug-likeness (QED) is 0.404. The molecule has 10 nitrogen and oxygen atoms in total. The normalized spacial score (nSPS) is 7.33. The van der Waals surface area contributed by atoms with Gasteiger partial charge in [-0.3, -0.25) is 0 Å². The van der Waals surface area contributed by atoms with Gasteiger partial charge in [-0.1, -0.05) is 39.5 Å². The minimum atomic E-state index is -0.998. The van der Waals surface area contributed by atoms with Crippen molar-refractivity contribution in [3.8, 4) is 0 Å². The van der Waals surface area contributed by atoms with E-state index in [2.05, 4.69) is 0 Å². The van der Waals surface area contributed by atoms with Crippen LogP contribution in [0.15, 0.2) is 0 Å².